The summed E-state index contributed by atoms with van der Waals surface area (Å²) < 4.78 is 44.8. The van der Waals surface area contributed by atoms with Crippen LogP contribution in [0.15, 0.2) is 54.6 Å². The van der Waals surface area contributed by atoms with E-state index in [-0.39, 0.29) is 101 Å². The molecule has 0 aliphatic carbocycles. The standard InChI is InChI=1S/C62H92ClN7O17/c1-38(2)33-49-60(78)85-47(13-11-15-52(73)68-46(35-42-19-23-48(81-10)44(63)34-42)58(76)67-37-62(6,7)61(79)86-49)40(5)55-56(87-55)43-20-17-41(18-21-43)36-66-57(75)45(69-59(77)54(39(3)4)70-53(74)16-12-14-50(71)64-8)22-24-51(72)65-25-26-82-29-30-84-32-31-83-28-27-80-9/h11,15,17-21,23,34,38-40,45-47,49,54-56H,12-14,16,22,24-33,35-37H2,1-10H3,(H,64,71)(H,65,72)(H,66,75)(H,67,76)(H,68,73)(H,69,77)(H,70,74)/b15-11+/t40-,45-,46?,47-,49-,54-,55+,56+/m0/s1. The molecule has 2 aliphatic rings. The molecule has 1 unspecified atom stereocenters. The van der Waals surface area contributed by atoms with E-state index in [9.17, 15) is 43.2 Å². The van der Waals surface area contributed by atoms with Crippen molar-refractivity contribution in [3.8, 4) is 5.75 Å². The Morgan fingerprint density at radius 3 is 2.06 bits per heavy atom. The van der Waals surface area contributed by atoms with Gasteiger partial charge in [0.15, 0.2) is 6.10 Å². The SMILES string of the molecule is CNC(=O)CCCC(=O)N[C@H](C(=O)N[C@@H](CCC(=O)NCCOCCOCCOCCOC)C(=O)NCc1ccc([C@H]2O[C@@H]2[C@@H](C)[C@@H]2C/C=C/C(=O)NC(Cc3ccc(OC)c(Cl)c3)C(=O)NCC(C)(C)C(=O)O[C@@H](CC(C)C)C(=O)O2)cc1)C(C)C. The second-order valence-corrected chi connectivity index (χ2v) is 23.3. The first-order valence-electron chi connectivity index (χ1n) is 29.8. The van der Waals surface area contributed by atoms with Crippen molar-refractivity contribution in [1.29, 1.82) is 0 Å². The summed E-state index contributed by atoms with van der Waals surface area (Å²) in [6.07, 6.45) is 0.289. The number of methoxy groups -OCH3 is 2. The predicted molar refractivity (Wildman–Crippen MR) is 322 cm³/mol. The molecule has 4 rings (SSSR count). The number of carbonyl (C=O) groups is 9. The summed E-state index contributed by atoms with van der Waals surface area (Å²) in [5.41, 5.74) is 0.828. The van der Waals surface area contributed by atoms with Gasteiger partial charge in [0.1, 0.15) is 36.1 Å². The van der Waals surface area contributed by atoms with Crippen LogP contribution in [0, 0.1) is 23.2 Å². The molecule has 0 radical (unpaired) electrons. The third-order valence-corrected chi connectivity index (χ3v) is 14.7. The van der Waals surface area contributed by atoms with Crippen molar-refractivity contribution in [3.05, 3.63) is 76.3 Å². The summed E-state index contributed by atoms with van der Waals surface area (Å²) in [4.78, 5) is 120. The molecule has 484 valence electrons. The maximum Gasteiger partial charge on any atom is 0.347 e. The third-order valence-electron chi connectivity index (χ3n) is 14.4. The highest BCUT2D eigenvalue weighted by molar-refractivity contribution is 6.32. The summed E-state index contributed by atoms with van der Waals surface area (Å²) in [6, 6.07) is 9.04. The van der Waals surface area contributed by atoms with Crippen LogP contribution in [0.3, 0.4) is 0 Å². The fourth-order valence-corrected chi connectivity index (χ4v) is 9.40. The number of epoxide rings is 1. The Balaban J connectivity index is 1.44. The first kappa shape index (κ1) is 72.8. The maximum atomic E-state index is 14.0. The molecule has 0 saturated carbocycles. The third kappa shape index (κ3) is 26.3. The number of rotatable bonds is 34. The average molecular weight is 1240 g/mol. The monoisotopic (exact) mass is 1240 g/mol. The lowest BCUT2D eigenvalue weighted by molar-refractivity contribution is -0.179. The average Bonchev–Trinajstić information content (AvgIpc) is 2.28. The highest BCUT2D eigenvalue weighted by atomic mass is 35.5. The molecule has 0 spiro atoms. The van der Waals surface area contributed by atoms with Crippen LogP contribution in [0.5, 0.6) is 5.75 Å². The van der Waals surface area contributed by atoms with E-state index in [1.807, 2.05) is 32.9 Å². The van der Waals surface area contributed by atoms with Gasteiger partial charge in [0.05, 0.1) is 69.9 Å². The van der Waals surface area contributed by atoms with E-state index in [0.29, 0.717) is 61.5 Å². The van der Waals surface area contributed by atoms with Crippen LogP contribution in [-0.4, -0.2) is 170 Å². The van der Waals surface area contributed by atoms with Crippen LogP contribution in [0.2, 0.25) is 5.02 Å². The molecule has 0 aromatic heterocycles. The van der Waals surface area contributed by atoms with Crippen LogP contribution < -0.4 is 42.0 Å². The van der Waals surface area contributed by atoms with Crippen LogP contribution in [0.1, 0.15) is 116 Å². The molecule has 7 amide bonds. The van der Waals surface area contributed by atoms with Crippen molar-refractivity contribution < 1.29 is 81.0 Å². The zero-order chi connectivity index (χ0) is 64.1. The molecule has 1 saturated heterocycles. The first-order valence-corrected chi connectivity index (χ1v) is 30.1. The quantitative estimate of drug-likeness (QED) is 0.0297. The Morgan fingerprint density at radius 1 is 0.770 bits per heavy atom. The first-order chi connectivity index (χ1) is 41.5. The van der Waals surface area contributed by atoms with Gasteiger partial charge in [0.25, 0.3) is 0 Å². The Morgan fingerprint density at radius 2 is 1.43 bits per heavy atom. The Hall–Kier alpha value is -6.70. The van der Waals surface area contributed by atoms with E-state index < -0.39 is 95.3 Å². The lowest BCUT2D eigenvalue weighted by Gasteiger charge is -2.29. The summed E-state index contributed by atoms with van der Waals surface area (Å²) in [5, 5.41) is 19.5. The molecular weight excluding hydrogens is 1150 g/mol. The van der Waals surface area contributed by atoms with Gasteiger partial charge in [-0.15, -0.1) is 0 Å². The topological polar surface area (TPSA) is 315 Å². The van der Waals surface area contributed by atoms with Gasteiger partial charge < -0.3 is 75.1 Å². The second kappa shape index (κ2) is 37.9. The molecule has 24 nitrogen and oxygen atoms in total. The highest BCUT2D eigenvalue weighted by Gasteiger charge is 2.48. The summed E-state index contributed by atoms with van der Waals surface area (Å²) in [6.45, 7) is 15.0. The number of hydrogen-bond donors (Lipinski definition) is 7. The minimum absolute atomic E-state index is 0.00256. The fourth-order valence-electron chi connectivity index (χ4n) is 9.12. The van der Waals surface area contributed by atoms with E-state index in [1.165, 1.54) is 20.2 Å². The van der Waals surface area contributed by atoms with Gasteiger partial charge in [0, 0.05) is 71.8 Å². The second-order valence-electron chi connectivity index (χ2n) is 22.9. The Kier molecular flexibility index (Phi) is 31.7. The summed E-state index contributed by atoms with van der Waals surface area (Å²) in [5.74, 6) is -5.34. The Labute approximate surface area is 516 Å². The number of benzene rings is 2. The normalized spacial score (nSPS) is 20.4. The molecule has 2 aromatic carbocycles. The van der Waals surface area contributed by atoms with Crippen molar-refractivity contribution in [2.75, 3.05) is 80.6 Å². The molecular formula is C62H92ClN7O17. The molecule has 8 atom stereocenters. The number of esters is 2. The van der Waals surface area contributed by atoms with Crippen molar-refractivity contribution in [3.63, 3.8) is 0 Å². The molecule has 25 heteroatoms. The number of hydrogen-bond acceptors (Lipinski definition) is 17. The molecule has 0 bridgehead atoms. The van der Waals surface area contributed by atoms with Crippen LogP contribution >= 0.6 is 11.6 Å². The van der Waals surface area contributed by atoms with Gasteiger partial charge in [-0.05, 0) is 79.8 Å². The largest absolute Gasteiger partial charge is 0.495 e. The molecule has 2 aromatic rings. The van der Waals surface area contributed by atoms with Gasteiger partial charge in [-0.25, -0.2) is 4.79 Å². The van der Waals surface area contributed by atoms with Gasteiger partial charge >= 0.3 is 11.9 Å². The van der Waals surface area contributed by atoms with Gasteiger partial charge in [-0.1, -0.05) is 82.6 Å². The van der Waals surface area contributed by atoms with Crippen molar-refractivity contribution in [2.24, 2.45) is 23.2 Å². The molecule has 87 heavy (non-hydrogen) atoms. The lowest BCUT2D eigenvalue weighted by atomic mass is 9.92. The van der Waals surface area contributed by atoms with Crippen LogP contribution in [0.25, 0.3) is 0 Å². The van der Waals surface area contributed by atoms with Gasteiger partial charge in [-0.2, -0.15) is 0 Å². The predicted octanol–water partition coefficient (Wildman–Crippen LogP) is 3.87. The number of halogens is 1. The molecule has 1 fully saturated rings. The number of ether oxygens (including phenoxy) is 8. The summed E-state index contributed by atoms with van der Waals surface area (Å²) >= 11 is 6.40. The van der Waals surface area contributed by atoms with E-state index in [0.717, 1.165) is 5.56 Å². The van der Waals surface area contributed by atoms with Crippen LogP contribution in [-0.2, 0) is 89.3 Å². The van der Waals surface area contributed by atoms with Crippen LogP contribution in [0.4, 0.5) is 0 Å². The smallest absolute Gasteiger partial charge is 0.347 e. The van der Waals surface area contributed by atoms with Crippen molar-refractivity contribution in [1.82, 2.24) is 37.2 Å². The molecule has 2 aliphatic heterocycles. The van der Waals surface area contributed by atoms with E-state index >= 15 is 0 Å². The maximum absolute atomic E-state index is 14.0. The molecule has 7 N–H and O–H groups in total. The molecule has 2 heterocycles. The van der Waals surface area contributed by atoms with Crippen molar-refractivity contribution >= 4 is 64.9 Å². The van der Waals surface area contributed by atoms with E-state index in [1.54, 1.807) is 71.2 Å². The number of nitrogens with one attached hydrogen (secondary N) is 7. The van der Waals surface area contributed by atoms with Gasteiger partial charge in [0.2, 0.25) is 41.4 Å². The highest BCUT2D eigenvalue weighted by Crippen LogP contribution is 2.45. The zero-order valence-corrected chi connectivity index (χ0v) is 52.8. The lowest BCUT2D eigenvalue weighted by Crippen LogP contribution is -2.55. The number of amides is 7. The fraction of sp³-hybridized carbons (Fsp3) is 0.629. The minimum atomic E-state index is -1.30. The van der Waals surface area contributed by atoms with E-state index in [2.05, 4.69) is 37.2 Å². The summed E-state index contributed by atoms with van der Waals surface area (Å²) in [7, 11) is 4.58. The minimum Gasteiger partial charge on any atom is -0.495 e. The number of carbonyl (C=O) groups excluding carboxylic acids is 9. The number of cyclic esters (lactones) is 2. The van der Waals surface area contributed by atoms with E-state index in [4.69, 9.17) is 49.5 Å². The zero-order valence-electron chi connectivity index (χ0n) is 52.0. The van der Waals surface area contributed by atoms with Crippen molar-refractivity contribution in [2.45, 2.75) is 149 Å². The van der Waals surface area contributed by atoms with Gasteiger partial charge in [-0.3, -0.25) is 38.4 Å². The Bertz CT molecular complexity index is 2600.